The van der Waals surface area contributed by atoms with Crippen LogP contribution in [-0.4, -0.2) is 59.9 Å². The number of ether oxygens (including phenoxy) is 1. The van der Waals surface area contributed by atoms with E-state index in [1.54, 1.807) is 0 Å². The number of aromatic nitrogens is 1. The molecule has 1 aromatic heterocycles. The van der Waals surface area contributed by atoms with Gasteiger partial charge in [-0.15, -0.1) is 0 Å². The monoisotopic (exact) mass is 495 g/mol. The van der Waals surface area contributed by atoms with Crippen LogP contribution < -0.4 is 10.8 Å². The second kappa shape index (κ2) is 9.94. The van der Waals surface area contributed by atoms with E-state index >= 15 is 0 Å². The van der Waals surface area contributed by atoms with E-state index in [-0.39, 0.29) is 29.1 Å². The van der Waals surface area contributed by atoms with Crippen LogP contribution in [-0.2, 0) is 18.8 Å². The van der Waals surface area contributed by atoms with E-state index in [0.717, 1.165) is 35.3 Å². The van der Waals surface area contributed by atoms with Crippen molar-refractivity contribution in [2.75, 3.05) is 13.7 Å². The molecule has 0 radical (unpaired) electrons. The maximum atomic E-state index is 13.4. The van der Waals surface area contributed by atoms with Gasteiger partial charge < -0.3 is 29.2 Å². The normalized spacial score (nSPS) is 21.6. The molecule has 0 unspecified atom stereocenters. The summed E-state index contributed by atoms with van der Waals surface area (Å²) in [5.74, 6) is -0.139. The molecule has 2 saturated heterocycles. The lowest BCUT2D eigenvalue weighted by Gasteiger charge is -2.32. The molecule has 8 nitrogen and oxygen atoms in total. The summed E-state index contributed by atoms with van der Waals surface area (Å²) in [6.07, 6.45) is 1.19. The Morgan fingerprint density at radius 1 is 1.08 bits per heavy atom. The first kappa shape index (κ1) is 26.3. The zero-order chi connectivity index (χ0) is 26.3. The summed E-state index contributed by atoms with van der Waals surface area (Å²) in [6.45, 7) is 12.7. The maximum Gasteiger partial charge on any atom is 0.494 e. The predicted molar refractivity (Wildman–Crippen MR) is 140 cm³/mol. The Hall–Kier alpha value is -2.78. The van der Waals surface area contributed by atoms with Gasteiger partial charge in [0, 0.05) is 17.9 Å². The lowest BCUT2D eigenvalue weighted by molar-refractivity contribution is -0.135. The molecule has 1 aromatic carbocycles. The van der Waals surface area contributed by atoms with Crippen LogP contribution in [0, 0.1) is 5.92 Å². The Morgan fingerprint density at radius 2 is 1.72 bits per heavy atom. The van der Waals surface area contributed by atoms with Gasteiger partial charge in [0.1, 0.15) is 6.04 Å². The summed E-state index contributed by atoms with van der Waals surface area (Å²) in [5, 5.41) is 2.70. The second-order valence-electron chi connectivity index (χ2n) is 11.1. The highest BCUT2D eigenvalue weighted by Gasteiger charge is 2.51. The van der Waals surface area contributed by atoms with Crippen molar-refractivity contribution in [2.45, 2.75) is 77.7 Å². The first-order valence-electron chi connectivity index (χ1n) is 12.7. The zero-order valence-corrected chi connectivity index (χ0v) is 22.4. The smallest absolute Gasteiger partial charge is 0.453 e. The fourth-order valence-corrected chi connectivity index (χ4v) is 4.81. The number of methoxy groups -OCH3 is 1. The third-order valence-corrected chi connectivity index (χ3v) is 7.74. The summed E-state index contributed by atoms with van der Waals surface area (Å²) < 4.78 is 17.1. The summed E-state index contributed by atoms with van der Waals surface area (Å²) in [4.78, 5) is 30.6. The average Bonchev–Trinajstić information content (AvgIpc) is 3.54. The van der Waals surface area contributed by atoms with Gasteiger partial charge in [0.25, 0.3) is 0 Å². The molecule has 4 rings (SSSR count). The van der Waals surface area contributed by atoms with Crippen molar-refractivity contribution in [3.05, 3.63) is 42.1 Å². The van der Waals surface area contributed by atoms with Crippen LogP contribution in [0.25, 0.3) is 11.3 Å². The largest absolute Gasteiger partial charge is 0.494 e. The number of H-pyrrole nitrogens is 1. The van der Waals surface area contributed by atoms with Gasteiger partial charge in [-0.25, -0.2) is 4.79 Å². The molecule has 36 heavy (non-hydrogen) atoms. The molecule has 2 atom stereocenters. The molecule has 2 amide bonds. The number of benzene rings is 1. The molecule has 0 aliphatic carbocycles. The van der Waals surface area contributed by atoms with Gasteiger partial charge in [0.15, 0.2) is 0 Å². The Labute approximate surface area is 214 Å². The van der Waals surface area contributed by atoms with Crippen molar-refractivity contribution in [1.29, 1.82) is 0 Å². The van der Waals surface area contributed by atoms with Crippen molar-refractivity contribution in [3.63, 3.8) is 0 Å². The molecule has 0 spiro atoms. The summed E-state index contributed by atoms with van der Waals surface area (Å²) in [7, 11) is 0.909. The number of amides is 2. The van der Waals surface area contributed by atoms with Crippen molar-refractivity contribution >= 4 is 24.6 Å². The minimum atomic E-state index is -0.630. The van der Waals surface area contributed by atoms with Crippen LogP contribution in [0.5, 0.6) is 0 Å². The molecule has 2 aliphatic rings. The van der Waals surface area contributed by atoms with Crippen LogP contribution in [0.3, 0.4) is 0 Å². The number of aromatic amines is 1. The van der Waals surface area contributed by atoms with Gasteiger partial charge in [-0.1, -0.05) is 38.1 Å². The van der Waals surface area contributed by atoms with E-state index in [1.165, 1.54) is 7.11 Å². The summed E-state index contributed by atoms with van der Waals surface area (Å²) in [5.41, 5.74) is 3.25. The fraction of sp³-hybridized carbons (Fsp3) is 0.556. The highest BCUT2D eigenvalue weighted by atomic mass is 16.7. The Kier molecular flexibility index (Phi) is 7.26. The number of likely N-dealkylation sites (tertiary alicyclic amines) is 1. The van der Waals surface area contributed by atoms with Gasteiger partial charge in [0.05, 0.1) is 24.4 Å². The van der Waals surface area contributed by atoms with Crippen LogP contribution >= 0.6 is 0 Å². The van der Waals surface area contributed by atoms with Gasteiger partial charge in [-0.3, -0.25) is 4.79 Å². The minimum absolute atomic E-state index is 0.0560. The Balaban J connectivity index is 1.48. The Morgan fingerprint density at radius 3 is 2.31 bits per heavy atom. The maximum absolute atomic E-state index is 13.4. The molecule has 0 bridgehead atoms. The van der Waals surface area contributed by atoms with Gasteiger partial charge in [-0.05, 0) is 69.6 Å². The first-order valence-corrected chi connectivity index (χ1v) is 12.7. The molecule has 2 aliphatic heterocycles. The van der Waals surface area contributed by atoms with Crippen molar-refractivity contribution in [3.8, 4) is 11.3 Å². The first-order chi connectivity index (χ1) is 16.9. The zero-order valence-electron chi connectivity index (χ0n) is 22.4. The number of alkyl carbamates (subject to hydrolysis) is 1. The molecular weight excluding hydrogens is 457 g/mol. The molecule has 2 N–H and O–H groups in total. The Bertz CT molecular complexity index is 1080. The number of nitrogens with zero attached hydrogens (tertiary/aromatic N) is 1. The van der Waals surface area contributed by atoms with Gasteiger partial charge >= 0.3 is 13.2 Å². The minimum Gasteiger partial charge on any atom is -0.453 e. The number of nitrogens with one attached hydrogen (secondary N) is 2. The molecule has 2 fully saturated rings. The molecular formula is C27H38BN3O5. The van der Waals surface area contributed by atoms with E-state index in [1.807, 2.05) is 70.7 Å². The number of hydrogen-bond acceptors (Lipinski definition) is 5. The third-order valence-electron chi connectivity index (χ3n) is 7.74. The van der Waals surface area contributed by atoms with Crippen molar-refractivity contribution in [1.82, 2.24) is 15.2 Å². The lowest BCUT2D eigenvalue weighted by atomic mass is 9.79. The third kappa shape index (κ3) is 5.04. The highest BCUT2D eigenvalue weighted by molar-refractivity contribution is 6.62. The molecule has 9 heteroatoms. The standard InChI is InChI=1S/C27H38BN3O5/c1-17(2)23(30-25(33)34-7)24(32)31-16-8-9-22(31)21-15-14-20(29-21)18-10-12-19(13-11-18)28-35-26(3,4)27(5,6)36-28/h10-15,17,22-23,29H,8-9,16H2,1-7H3,(H,30,33)/t22-,23+/m1/s1. The van der Waals surface area contributed by atoms with Crippen LogP contribution in [0.4, 0.5) is 4.79 Å². The van der Waals surface area contributed by atoms with E-state index in [0.29, 0.717) is 6.54 Å². The average molecular weight is 495 g/mol. The quantitative estimate of drug-likeness (QED) is 0.591. The number of rotatable bonds is 6. The lowest BCUT2D eigenvalue weighted by Crippen LogP contribution is -2.51. The van der Waals surface area contributed by atoms with E-state index < -0.39 is 19.3 Å². The fourth-order valence-electron chi connectivity index (χ4n) is 4.81. The second-order valence-corrected chi connectivity index (χ2v) is 11.1. The van der Waals surface area contributed by atoms with Crippen LogP contribution in [0.15, 0.2) is 36.4 Å². The van der Waals surface area contributed by atoms with E-state index in [2.05, 4.69) is 22.4 Å². The number of carbonyl (C=O) groups is 2. The SMILES string of the molecule is COC(=O)N[C@H](C(=O)N1CCC[C@@H]1c1ccc(-c2ccc(B3OC(C)(C)C(C)(C)O3)cc2)[nH]1)C(C)C. The van der Waals surface area contributed by atoms with E-state index in [4.69, 9.17) is 14.0 Å². The number of hydrogen-bond donors (Lipinski definition) is 2. The van der Waals surface area contributed by atoms with Crippen LogP contribution in [0.2, 0.25) is 0 Å². The van der Waals surface area contributed by atoms with Gasteiger partial charge in [-0.2, -0.15) is 0 Å². The summed E-state index contributed by atoms with van der Waals surface area (Å²) >= 11 is 0. The van der Waals surface area contributed by atoms with Crippen molar-refractivity contribution in [2.24, 2.45) is 5.92 Å². The molecule has 194 valence electrons. The topological polar surface area (TPSA) is 92.9 Å². The molecule has 3 heterocycles. The highest BCUT2D eigenvalue weighted by Crippen LogP contribution is 2.37. The van der Waals surface area contributed by atoms with Crippen molar-refractivity contribution < 1.29 is 23.6 Å². The molecule has 0 saturated carbocycles. The molecule has 2 aromatic rings. The predicted octanol–water partition coefficient (Wildman–Crippen LogP) is 4.03. The van der Waals surface area contributed by atoms with E-state index in [9.17, 15) is 9.59 Å². The number of carbonyl (C=O) groups excluding carboxylic acids is 2. The van der Waals surface area contributed by atoms with Gasteiger partial charge in [0.2, 0.25) is 5.91 Å². The summed E-state index contributed by atoms with van der Waals surface area (Å²) in [6, 6.07) is 11.6. The van der Waals surface area contributed by atoms with Crippen LogP contribution in [0.1, 0.15) is 66.1 Å².